The first-order chi connectivity index (χ1) is 9.57. The maximum absolute atomic E-state index is 12.8. The average molecular weight is 291 g/mol. The van der Waals surface area contributed by atoms with E-state index in [1.165, 1.54) is 25.7 Å². The van der Waals surface area contributed by atoms with Crippen molar-refractivity contribution in [1.29, 1.82) is 0 Å². The lowest BCUT2D eigenvalue weighted by molar-refractivity contribution is -0.128. The van der Waals surface area contributed by atoms with Gasteiger partial charge in [0.1, 0.15) is 11.6 Å². The van der Waals surface area contributed by atoms with Gasteiger partial charge in [0, 0.05) is 12.5 Å². The van der Waals surface area contributed by atoms with Crippen molar-refractivity contribution in [3.63, 3.8) is 0 Å². The highest BCUT2D eigenvalue weighted by molar-refractivity contribution is 7.99. The molecule has 20 heavy (non-hydrogen) atoms. The zero-order valence-electron chi connectivity index (χ0n) is 12.1. The first-order valence-corrected chi connectivity index (χ1v) is 8.58. The molecule has 0 N–H and O–H groups in total. The van der Waals surface area contributed by atoms with Gasteiger partial charge in [-0.2, -0.15) is 0 Å². The van der Waals surface area contributed by atoms with E-state index in [-0.39, 0.29) is 5.41 Å². The minimum Gasteiger partial charge on any atom is -0.309 e. The van der Waals surface area contributed by atoms with Crippen LogP contribution in [0.2, 0.25) is 0 Å². The quantitative estimate of drug-likeness (QED) is 0.800. The van der Waals surface area contributed by atoms with Crippen LogP contribution >= 0.6 is 11.8 Å². The number of aryl methyl sites for hydroxylation is 1. The molecular formula is C15H21N3OS. The third-order valence-electron chi connectivity index (χ3n) is 5.90. The topological polar surface area (TPSA) is 47.8 Å². The summed E-state index contributed by atoms with van der Waals surface area (Å²) in [6.45, 7) is 1.94. The Morgan fingerprint density at radius 3 is 2.55 bits per heavy atom. The Hall–Kier alpha value is -0.840. The lowest BCUT2D eigenvalue weighted by Gasteiger charge is -2.36. The van der Waals surface area contributed by atoms with E-state index >= 15 is 0 Å². The molecule has 2 unspecified atom stereocenters. The molecule has 4 fully saturated rings. The minimum atomic E-state index is 0.0388. The van der Waals surface area contributed by atoms with Gasteiger partial charge in [-0.15, -0.1) is 10.2 Å². The molecule has 4 bridgehead atoms. The van der Waals surface area contributed by atoms with Crippen molar-refractivity contribution >= 4 is 17.5 Å². The van der Waals surface area contributed by atoms with Crippen molar-refractivity contribution in [2.75, 3.05) is 5.75 Å². The van der Waals surface area contributed by atoms with Gasteiger partial charge >= 0.3 is 0 Å². The molecule has 5 heteroatoms. The summed E-state index contributed by atoms with van der Waals surface area (Å²) in [4.78, 5) is 12.8. The Kier molecular flexibility index (Phi) is 2.78. The summed E-state index contributed by atoms with van der Waals surface area (Å²) in [5.74, 6) is 4.51. The maximum Gasteiger partial charge on any atom is 0.191 e. The van der Waals surface area contributed by atoms with Crippen LogP contribution in [0.3, 0.4) is 0 Å². The number of ketones is 1. The van der Waals surface area contributed by atoms with Gasteiger partial charge in [0.25, 0.3) is 0 Å². The monoisotopic (exact) mass is 291 g/mol. The third kappa shape index (κ3) is 1.78. The van der Waals surface area contributed by atoms with Gasteiger partial charge in [-0.05, 0) is 56.8 Å². The zero-order valence-corrected chi connectivity index (χ0v) is 12.9. The van der Waals surface area contributed by atoms with Gasteiger partial charge in [-0.1, -0.05) is 11.8 Å². The van der Waals surface area contributed by atoms with E-state index in [0.29, 0.717) is 11.5 Å². The highest BCUT2D eigenvalue weighted by Gasteiger charge is 2.58. The number of nitrogens with zero attached hydrogens (tertiary/aromatic N) is 3. The van der Waals surface area contributed by atoms with E-state index in [1.807, 2.05) is 18.5 Å². The SMILES string of the molecule is Cc1nnc(SCC(=O)C23CC4CC(C2)C(C4)C3)n1C. The third-order valence-corrected chi connectivity index (χ3v) is 6.92. The molecule has 0 saturated heterocycles. The zero-order chi connectivity index (χ0) is 13.9. The number of rotatable bonds is 4. The molecule has 5 rings (SSSR count). The molecule has 1 aromatic heterocycles. The molecule has 0 radical (unpaired) electrons. The molecule has 4 aliphatic carbocycles. The number of Topliss-reactive ketones (excluding diaryl/α,β-unsaturated/α-hetero) is 1. The summed E-state index contributed by atoms with van der Waals surface area (Å²) in [5, 5.41) is 9.05. The van der Waals surface area contributed by atoms with Crippen molar-refractivity contribution < 1.29 is 4.79 Å². The second-order valence-corrected chi connectivity index (χ2v) is 7.99. The van der Waals surface area contributed by atoms with E-state index in [0.717, 1.165) is 35.2 Å². The Morgan fingerprint density at radius 2 is 2.00 bits per heavy atom. The molecule has 108 valence electrons. The van der Waals surface area contributed by atoms with Crippen molar-refractivity contribution in [2.24, 2.45) is 30.2 Å². The number of aromatic nitrogens is 3. The first-order valence-electron chi connectivity index (χ1n) is 7.59. The summed E-state index contributed by atoms with van der Waals surface area (Å²) in [5.41, 5.74) is 0.0388. The normalized spacial score (nSPS) is 37.8. The van der Waals surface area contributed by atoms with Gasteiger partial charge < -0.3 is 4.57 Å². The van der Waals surface area contributed by atoms with E-state index in [1.54, 1.807) is 11.8 Å². The van der Waals surface area contributed by atoms with E-state index in [4.69, 9.17) is 0 Å². The van der Waals surface area contributed by atoms with Gasteiger partial charge in [0.05, 0.1) is 5.75 Å². The summed E-state index contributed by atoms with van der Waals surface area (Å²) >= 11 is 1.56. The second-order valence-electron chi connectivity index (χ2n) is 7.05. The molecular weight excluding hydrogens is 270 g/mol. The molecule has 0 amide bonds. The average Bonchev–Trinajstić information content (AvgIpc) is 2.98. The number of hydrogen-bond donors (Lipinski definition) is 0. The minimum absolute atomic E-state index is 0.0388. The van der Waals surface area contributed by atoms with Crippen LogP contribution in [-0.2, 0) is 11.8 Å². The van der Waals surface area contributed by atoms with Crippen LogP contribution in [0, 0.1) is 30.1 Å². The van der Waals surface area contributed by atoms with Gasteiger partial charge in [-0.3, -0.25) is 4.79 Å². The highest BCUT2D eigenvalue weighted by atomic mass is 32.2. The summed E-state index contributed by atoms with van der Waals surface area (Å²) < 4.78 is 1.96. The molecule has 0 spiro atoms. The fourth-order valence-corrected chi connectivity index (χ4v) is 5.94. The Balaban J connectivity index is 1.45. The van der Waals surface area contributed by atoms with Crippen LogP contribution in [0.1, 0.15) is 37.9 Å². The van der Waals surface area contributed by atoms with Crippen molar-refractivity contribution in [1.82, 2.24) is 14.8 Å². The largest absolute Gasteiger partial charge is 0.309 e. The number of hydrogen-bond acceptors (Lipinski definition) is 4. The maximum atomic E-state index is 12.8. The summed E-state index contributed by atoms with van der Waals surface area (Å²) in [6, 6.07) is 0. The highest BCUT2D eigenvalue weighted by Crippen LogP contribution is 2.64. The van der Waals surface area contributed by atoms with Crippen LogP contribution in [0.5, 0.6) is 0 Å². The fraction of sp³-hybridized carbons (Fsp3) is 0.800. The van der Waals surface area contributed by atoms with E-state index in [2.05, 4.69) is 10.2 Å². The van der Waals surface area contributed by atoms with Crippen LogP contribution < -0.4 is 0 Å². The van der Waals surface area contributed by atoms with Gasteiger partial charge in [0.15, 0.2) is 5.16 Å². The van der Waals surface area contributed by atoms with Crippen LogP contribution in [0.25, 0.3) is 0 Å². The number of carbonyl (C=O) groups is 1. The number of carbonyl (C=O) groups excluding carboxylic acids is 1. The molecule has 1 aromatic rings. The van der Waals surface area contributed by atoms with E-state index < -0.39 is 0 Å². The lowest BCUT2D eigenvalue weighted by Crippen LogP contribution is -2.36. The molecule has 2 atom stereocenters. The van der Waals surface area contributed by atoms with E-state index in [9.17, 15) is 4.79 Å². The van der Waals surface area contributed by atoms with Crippen LogP contribution in [0.15, 0.2) is 5.16 Å². The molecule has 4 saturated carbocycles. The summed E-state index contributed by atoms with van der Waals surface area (Å²) in [7, 11) is 1.96. The molecule has 0 aromatic carbocycles. The lowest BCUT2D eigenvalue weighted by atomic mass is 9.67. The number of thioether (sulfide) groups is 1. The molecule has 1 heterocycles. The summed E-state index contributed by atoms with van der Waals surface area (Å²) in [6.07, 6.45) is 6.30. The van der Waals surface area contributed by atoms with Gasteiger partial charge in [-0.25, -0.2) is 0 Å². The Labute approximate surface area is 123 Å². The predicted molar refractivity (Wildman–Crippen MR) is 77.5 cm³/mol. The predicted octanol–water partition coefficient (Wildman–Crippen LogP) is 2.61. The molecule has 4 nitrogen and oxygen atoms in total. The molecule has 4 aliphatic rings. The first kappa shape index (κ1) is 12.9. The standard InChI is InChI=1S/C15H21N3OS/c1-9-16-17-14(18(9)2)20-8-13(19)15-5-10-3-11(6-15)12(4-10)7-15/h10-12H,3-8H2,1-2H3. The Bertz CT molecular complexity index is 548. The smallest absolute Gasteiger partial charge is 0.191 e. The second kappa shape index (κ2) is 4.33. The Morgan fingerprint density at radius 1 is 1.30 bits per heavy atom. The van der Waals surface area contributed by atoms with Gasteiger partial charge in [0.2, 0.25) is 0 Å². The van der Waals surface area contributed by atoms with Crippen molar-refractivity contribution in [3.8, 4) is 0 Å². The van der Waals surface area contributed by atoms with Crippen molar-refractivity contribution in [2.45, 2.75) is 44.2 Å². The van der Waals surface area contributed by atoms with Crippen molar-refractivity contribution in [3.05, 3.63) is 5.82 Å². The fourth-order valence-electron chi connectivity index (χ4n) is 4.95. The van der Waals surface area contributed by atoms with Crippen LogP contribution in [0.4, 0.5) is 0 Å². The molecule has 0 aliphatic heterocycles. The van der Waals surface area contributed by atoms with Crippen LogP contribution in [-0.4, -0.2) is 26.3 Å².